The second-order valence-corrected chi connectivity index (χ2v) is 11.6. The zero-order chi connectivity index (χ0) is 20.1. The van der Waals surface area contributed by atoms with Crippen molar-refractivity contribution < 1.29 is 9.59 Å². The molecule has 1 aromatic rings. The van der Waals surface area contributed by atoms with Gasteiger partial charge in [0.25, 0.3) is 0 Å². The molecule has 0 spiro atoms. The predicted octanol–water partition coefficient (Wildman–Crippen LogP) is 5.02. The van der Waals surface area contributed by atoms with Crippen molar-refractivity contribution in [1.82, 2.24) is 4.90 Å². The summed E-state index contributed by atoms with van der Waals surface area (Å²) in [6.07, 6.45) is 8.55. The highest BCUT2D eigenvalue weighted by Gasteiger charge is 2.72. The number of β-lactam (4-membered cyclic amide) rings is 1. The summed E-state index contributed by atoms with van der Waals surface area (Å²) in [6.45, 7) is 6.24. The molecule has 0 radical (unpaired) electrons. The van der Waals surface area contributed by atoms with Crippen LogP contribution < -0.4 is 0 Å². The van der Waals surface area contributed by atoms with E-state index < -0.39 is 5.41 Å². The molecule has 4 bridgehead atoms. The Bertz CT molecular complexity index is 850. The molecule has 5 aliphatic carbocycles. The zero-order valence-electron chi connectivity index (χ0n) is 18.0. The largest absolute Gasteiger partial charge is 0.334 e. The normalized spacial score (nSPS) is 40.7. The number of ketones is 1. The van der Waals surface area contributed by atoms with Gasteiger partial charge in [-0.1, -0.05) is 29.8 Å². The number of likely N-dealkylation sites (tertiary alicyclic amines) is 1. The van der Waals surface area contributed by atoms with Crippen LogP contribution in [0.3, 0.4) is 0 Å². The number of hydrogen-bond acceptors (Lipinski definition) is 2. The maximum absolute atomic E-state index is 13.7. The van der Waals surface area contributed by atoms with Crippen LogP contribution in [-0.4, -0.2) is 28.7 Å². The number of carbonyl (C=O) groups is 2. The molecule has 6 fully saturated rings. The van der Waals surface area contributed by atoms with Crippen LogP contribution in [0.15, 0.2) is 24.3 Å². The Hall–Kier alpha value is -1.64. The summed E-state index contributed by atoms with van der Waals surface area (Å²) in [7, 11) is 0. The van der Waals surface area contributed by atoms with Gasteiger partial charge in [0.05, 0.1) is 16.9 Å². The van der Waals surface area contributed by atoms with Gasteiger partial charge in [-0.05, 0) is 89.4 Å². The van der Waals surface area contributed by atoms with Crippen molar-refractivity contribution in [3.05, 3.63) is 35.4 Å². The highest BCUT2D eigenvalue weighted by Crippen LogP contribution is 2.65. The fourth-order valence-corrected chi connectivity index (χ4v) is 8.22. The van der Waals surface area contributed by atoms with E-state index in [1.54, 1.807) is 0 Å². The van der Waals surface area contributed by atoms with Crippen LogP contribution in [0.1, 0.15) is 74.7 Å². The van der Waals surface area contributed by atoms with E-state index in [1.807, 2.05) is 24.3 Å². The van der Waals surface area contributed by atoms with Crippen molar-refractivity contribution >= 4 is 11.7 Å². The smallest absolute Gasteiger partial charge is 0.230 e. The SMILES string of the molecule is Cc1ccc(C(=O)C2(C3N(C4C5CC6CC(C5)CC4C6)C(=O)C3(C)C)CC2)cc1. The molecule has 1 unspecified atom stereocenters. The fraction of sp³-hybridized carbons (Fsp3) is 0.692. The monoisotopic (exact) mass is 391 g/mol. The first kappa shape index (κ1) is 18.2. The number of hydrogen-bond donors (Lipinski definition) is 0. The molecular weight excluding hydrogens is 358 g/mol. The molecular formula is C26H33NO2. The first-order valence-electron chi connectivity index (χ1n) is 11.8. The van der Waals surface area contributed by atoms with Gasteiger partial charge in [-0.2, -0.15) is 0 Å². The third kappa shape index (κ3) is 2.36. The average molecular weight is 392 g/mol. The van der Waals surface area contributed by atoms with Crippen LogP contribution in [0.5, 0.6) is 0 Å². The predicted molar refractivity (Wildman–Crippen MR) is 112 cm³/mol. The third-order valence-electron chi connectivity index (χ3n) is 9.32. The van der Waals surface area contributed by atoms with Crippen molar-refractivity contribution in [2.75, 3.05) is 0 Å². The van der Waals surface area contributed by atoms with E-state index in [1.165, 1.54) is 37.7 Å². The molecule has 1 aromatic carbocycles. The van der Waals surface area contributed by atoms with Crippen LogP contribution in [0.4, 0.5) is 0 Å². The van der Waals surface area contributed by atoms with E-state index in [0.717, 1.165) is 30.2 Å². The van der Waals surface area contributed by atoms with E-state index >= 15 is 0 Å². The van der Waals surface area contributed by atoms with Gasteiger partial charge in [0.15, 0.2) is 5.78 Å². The Labute approximate surface area is 174 Å². The summed E-state index contributed by atoms with van der Waals surface area (Å²) in [5, 5.41) is 0. The molecule has 1 atom stereocenters. The standard InChI is InChI=1S/C26H33NO2/c1-15-4-6-18(7-5-15)22(28)26(8-9-26)23-25(2,3)24(29)27(23)21-19-11-16-10-17(13-19)14-20(21)12-16/h4-7,16-17,19-21,23H,8-14H2,1-3H3. The van der Waals surface area contributed by atoms with Crippen molar-refractivity contribution in [3.63, 3.8) is 0 Å². The molecule has 1 amide bonds. The van der Waals surface area contributed by atoms with Crippen LogP contribution in [0, 0.1) is 41.4 Å². The van der Waals surface area contributed by atoms with Gasteiger partial charge >= 0.3 is 0 Å². The van der Waals surface area contributed by atoms with E-state index in [-0.39, 0.29) is 17.2 Å². The topological polar surface area (TPSA) is 37.4 Å². The number of carbonyl (C=O) groups excluding carboxylic acids is 2. The number of Topliss-reactive ketones (excluding diaryl/α,β-unsaturated/α-hetero) is 1. The fourth-order valence-electron chi connectivity index (χ4n) is 8.22. The first-order valence-corrected chi connectivity index (χ1v) is 11.8. The Balaban J connectivity index is 1.34. The Kier molecular flexibility index (Phi) is 3.59. The minimum atomic E-state index is -0.411. The molecule has 1 heterocycles. The van der Waals surface area contributed by atoms with Crippen LogP contribution in [-0.2, 0) is 4.79 Å². The molecule has 1 saturated heterocycles. The second-order valence-electron chi connectivity index (χ2n) is 11.6. The van der Waals surface area contributed by atoms with E-state index in [4.69, 9.17) is 0 Å². The van der Waals surface area contributed by atoms with Crippen LogP contribution >= 0.6 is 0 Å². The molecule has 3 nitrogen and oxygen atoms in total. The Morgan fingerprint density at radius 3 is 2.00 bits per heavy atom. The molecule has 6 aliphatic rings. The lowest BCUT2D eigenvalue weighted by Gasteiger charge is -2.66. The lowest BCUT2D eigenvalue weighted by Crippen LogP contribution is -2.76. The lowest BCUT2D eigenvalue weighted by atomic mass is 9.52. The molecule has 3 heteroatoms. The molecule has 0 aromatic heterocycles. The summed E-state index contributed by atoms with van der Waals surface area (Å²) < 4.78 is 0. The summed E-state index contributed by atoms with van der Waals surface area (Å²) in [5.41, 5.74) is 1.25. The van der Waals surface area contributed by atoms with Crippen molar-refractivity contribution in [2.24, 2.45) is 34.5 Å². The number of benzene rings is 1. The van der Waals surface area contributed by atoms with Crippen molar-refractivity contribution in [1.29, 1.82) is 0 Å². The molecule has 0 N–H and O–H groups in total. The lowest BCUT2D eigenvalue weighted by molar-refractivity contribution is -0.196. The Morgan fingerprint density at radius 1 is 0.931 bits per heavy atom. The number of nitrogens with zero attached hydrogens (tertiary/aromatic N) is 1. The number of rotatable bonds is 4. The van der Waals surface area contributed by atoms with Gasteiger partial charge in [-0.3, -0.25) is 9.59 Å². The minimum Gasteiger partial charge on any atom is -0.334 e. The van der Waals surface area contributed by atoms with Gasteiger partial charge in [0, 0.05) is 11.6 Å². The van der Waals surface area contributed by atoms with Crippen LogP contribution in [0.2, 0.25) is 0 Å². The molecule has 7 rings (SSSR count). The zero-order valence-corrected chi connectivity index (χ0v) is 18.0. The third-order valence-corrected chi connectivity index (χ3v) is 9.32. The number of amides is 1. The number of aryl methyl sites for hydroxylation is 1. The molecule has 1 aliphatic heterocycles. The highest BCUT2D eigenvalue weighted by atomic mass is 16.2. The van der Waals surface area contributed by atoms with Gasteiger partial charge in [0.2, 0.25) is 5.91 Å². The Morgan fingerprint density at radius 2 is 1.48 bits per heavy atom. The van der Waals surface area contributed by atoms with Gasteiger partial charge in [0.1, 0.15) is 0 Å². The quantitative estimate of drug-likeness (QED) is 0.534. The van der Waals surface area contributed by atoms with Gasteiger partial charge in [-0.15, -0.1) is 0 Å². The summed E-state index contributed by atoms with van der Waals surface area (Å²) in [6, 6.07) is 8.53. The van der Waals surface area contributed by atoms with Crippen LogP contribution in [0.25, 0.3) is 0 Å². The van der Waals surface area contributed by atoms with Crippen molar-refractivity contribution in [2.45, 2.75) is 77.8 Å². The minimum absolute atomic E-state index is 0.0822. The first-order chi connectivity index (χ1) is 13.8. The molecule has 5 saturated carbocycles. The maximum atomic E-state index is 13.7. The maximum Gasteiger partial charge on any atom is 0.230 e. The average Bonchev–Trinajstić information content (AvgIpc) is 3.47. The molecule has 154 valence electrons. The molecule has 29 heavy (non-hydrogen) atoms. The summed E-state index contributed by atoms with van der Waals surface area (Å²) >= 11 is 0. The van der Waals surface area contributed by atoms with E-state index in [2.05, 4.69) is 25.7 Å². The van der Waals surface area contributed by atoms with Gasteiger partial charge in [-0.25, -0.2) is 0 Å². The summed E-state index contributed by atoms with van der Waals surface area (Å²) in [4.78, 5) is 29.3. The highest BCUT2D eigenvalue weighted by molar-refractivity contribution is 6.05. The summed E-state index contributed by atoms with van der Waals surface area (Å²) in [5.74, 6) is 3.75. The van der Waals surface area contributed by atoms with E-state index in [9.17, 15) is 9.59 Å². The van der Waals surface area contributed by atoms with E-state index in [0.29, 0.717) is 23.8 Å². The van der Waals surface area contributed by atoms with Crippen molar-refractivity contribution in [3.8, 4) is 0 Å². The second kappa shape index (κ2) is 5.74. The van der Waals surface area contributed by atoms with Gasteiger partial charge < -0.3 is 4.90 Å².